The number of hydrogen-bond acceptors (Lipinski definition) is 10. The molecule has 15 heteroatoms. The highest BCUT2D eigenvalue weighted by Crippen LogP contribution is 2.38. The summed E-state index contributed by atoms with van der Waals surface area (Å²) < 4.78 is 41.1. The first-order valence-corrected chi connectivity index (χ1v) is 13.9. The number of hydrogen-bond donors (Lipinski definition) is 4. The highest BCUT2D eigenvalue weighted by molar-refractivity contribution is 7.84. The molecule has 10 nitrogen and oxygen atoms in total. The predicted molar refractivity (Wildman–Crippen MR) is 135 cm³/mol. The lowest BCUT2D eigenvalue weighted by atomic mass is 10.0. The van der Waals surface area contributed by atoms with Crippen molar-refractivity contribution in [3.63, 3.8) is 0 Å². The highest BCUT2D eigenvalue weighted by atomic mass is 35.5. The van der Waals surface area contributed by atoms with Gasteiger partial charge in [0.1, 0.15) is 24.1 Å². The summed E-state index contributed by atoms with van der Waals surface area (Å²) in [5.41, 5.74) is 0.158. The van der Waals surface area contributed by atoms with E-state index in [1.54, 1.807) is 0 Å². The summed E-state index contributed by atoms with van der Waals surface area (Å²) in [4.78, 5) is 21.6. The Kier molecular flexibility index (Phi) is 8.45. The third kappa shape index (κ3) is 6.62. The highest BCUT2D eigenvalue weighted by Gasteiger charge is 2.35. The van der Waals surface area contributed by atoms with Crippen LogP contribution in [-0.4, -0.2) is 53.1 Å². The number of carbonyl (C=O) groups is 1. The number of nitrogens with one attached hydrogen (secondary N) is 1. The molecule has 1 fully saturated rings. The zero-order valence-electron chi connectivity index (χ0n) is 18.8. The van der Waals surface area contributed by atoms with Gasteiger partial charge in [-0.2, -0.15) is 8.42 Å². The molecule has 0 saturated heterocycles. The molecule has 4 rings (SSSR count). The Hall–Kier alpha value is -2.23. The zero-order valence-corrected chi connectivity index (χ0v) is 22.0. The summed E-state index contributed by atoms with van der Waals surface area (Å²) >= 11 is 13.1. The molecule has 5 N–H and O–H groups in total. The fourth-order valence-electron chi connectivity index (χ4n) is 4.09. The molecule has 0 spiro atoms. The fourth-order valence-corrected chi connectivity index (χ4v) is 5.91. The van der Waals surface area contributed by atoms with Gasteiger partial charge in [0.2, 0.25) is 5.78 Å². The van der Waals surface area contributed by atoms with Gasteiger partial charge in [0.05, 0.1) is 27.5 Å². The average Bonchev–Trinajstić information content (AvgIpc) is 3.40. The van der Waals surface area contributed by atoms with E-state index in [4.69, 9.17) is 28.3 Å². The second-order valence-corrected chi connectivity index (χ2v) is 11.8. The molecule has 0 bridgehead atoms. The summed E-state index contributed by atoms with van der Waals surface area (Å²) in [5.74, 6) is -1.48. The molecule has 2 heterocycles. The lowest BCUT2D eigenvalue weighted by Gasteiger charge is -2.15. The molecule has 4 atom stereocenters. The van der Waals surface area contributed by atoms with Gasteiger partial charge in [-0.25, -0.2) is 19.5 Å². The van der Waals surface area contributed by atoms with E-state index in [1.807, 2.05) is 0 Å². The summed E-state index contributed by atoms with van der Waals surface area (Å²) in [6.07, 6.45) is 0.830. The van der Waals surface area contributed by atoms with Crippen LogP contribution in [0.2, 0.25) is 9.36 Å². The second kappa shape index (κ2) is 11.3. The number of rotatable bonds is 9. The van der Waals surface area contributed by atoms with Gasteiger partial charge >= 0.3 is 10.3 Å². The quantitative estimate of drug-likeness (QED) is 0.274. The number of carbonyl (C=O) groups excluding carboxylic acids is 1. The van der Waals surface area contributed by atoms with Crippen molar-refractivity contribution in [2.24, 2.45) is 11.1 Å². The van der Waals surface area contributed by atoms with Crippen LogP contribution in [-0.2, 0) is 14.5 Å². The third-order valence-electron chi connectivity index (χ3n) is 5.89. The number of anilines is 1. The topological polar surface area (TPSA) is 165 Å². The number of nitrogens with zero attached hydrogens (tertiary/aromatic N) is 2. The molecular weight excluding hydrogens is 570 g/mol. The van der Waals surface area contributed by atoms with E-state index in [0.29, 0.717) is 6.42 Å². The van der Waals surface area contributed by atoms with E-state index in [1.165, 1.54) is 30.7 Å². The maximum absolute atomic E-state index is 14.3. The van der Waals surface area contributed by atoms with Crippen LogP contribution in [0.1, 0.15) is 45.3 Å². The molecule has 0 amide bonds. The van der Waals surface area contributed by atoms with Gasteiger partial charge in [-0.15, -0.1) is 11.3 Å². The Balaban J connectivity index is 1.53. The minimum absolute atomic E-state index is 0.0858. The van der Waals surface area contributed by atoms with Crippen LogP contribution < -0.4 is 10.5 Å². The smallest absolute Gasteiger partial charge is 0.333 e. The van der Waals surface area contributed by atoms with Gasteiger partial charge in [0.15, 0.2) is 0 Å². The van der Waals surface area contributed by atoms with Crippen molar-refractivity contribution in [2.75, 3.05) is 11.9 Å². The van der Waals surface area contributed by atoms with Gasteiger partial charge in [0, 0.05) is 34.3 Å². The van der Waals surface area contributed by atoms with Crippen LogP contribution in [0.4, 0.5) is 10.2 Å². The molecule has 1 unspecified atom stereocenters. The molecule has 1 aliphatic rings. The number of nitrogens with two attached hydrogens (primary N) is 1. The van der Waals surface area contributed by atoms with Crippen LogP contribution in [0.5, 0.6) is 0 Å². The Bertz CT molecular complexity index is 1420. The first-order valence-electron chi connectivity index (χ1n) is 10.8. The third-order valence-corrected chi connectivity index (χ3v) is 7.97. The number of thiophene rings is 1. The van der Waals surface area contributed by atoms with E-state index in [9.17, 15) is 27.8 Å². The van der Waals surface area contributed by atoms with Crippen LogP contribution in [0, 0.1) is 11.7 Å². The number of ketones is 1. The van der Waals surface area contributed by atoms with Crippen LogP contribution in [0.15, 0.2) is 36.8 Å². The van der Waals surface area contributed by atoms with Crippen LogP contribution >= 0.6 is 34.5 Å². The lowest BCUT2D eigenvalue weighted by Crippen LogP contribution is -2.24. The van der Waals surface area contributed by atoms with Gasteiger partial charge < -0.3 is 15.5 Å². The second-order valence-electron chi connectivity index (χ2n) is 8.44. The molecule has 198 valence electrons. The molecule has 2 aromatic heterocycles. The number of benzene rings is 1. The van der Waals surface area contributed by atoms with Crippen molar-refractivity contribution in [1.82, 2.24) is 9.97 Å². The summed E-state index contributed by atoms with van der Waals surface area (Å²) in [6.45, 7) is -0.278. The average molecular weight is 591 g/mol. The molecule has 3 aromatic rings. The Labute approximate surface area is 225 Å². The minimum atomic E-state index is -4.14. The Morgan fingerprint density at radius 1 is 1.30 bits per heavy atom. The van der Waals surface area contributed by atoms with E-state index < -0.39 is 40.0 Å². The van der Waals surface area contributed by atoms with Crippen molar-refractivity contribution < 1.29 is 32.0 Å². The predicted octanol–water partition coefficient (Wildman–Crippen LogP) is 3.07. The number of aliphatic hydroxyl groups is 2. The van der Waals surface area contributed by atoms with E-state index in [2.05, 4.69) is 19.5 Å². The fraction of sp³-hybridized carbons (Fsp3) is 0.318. The molecule has 1 saturated carbocycles. The standard InChI is InChI=1S/C22H21Cl2FN4O6S2/c23-11-1-2-16(25)13(4-11)19(31)14-6-18(36-21(14)24)20(32)15-7-27-9-28-22(15)29-12-3-10(17(30)5-12)8-35-37(26,33)34/h1-2,4,6-7,9-10,12,17,19,30-31H,3,5,8H2,(H2,26,33,34)(H,27,28,29)/t10-,12-,17+,19?/m1/s1. The summed E-state index contributed by atoms with van der Waals surface area (Å²) in [5, 5.41) is 29.2. The minimum Gasteiger partial charge on any atom is -0.393 e. The number of halogens is 3. The SMILES string of the molecule is NS(=O)(=O)OC[C@H]1C[C@@H](Nc2ncncc2C(=O)c2cc(C(O)c3cc(Cl)ccc3F)c(Cl)s2)C[C@@H]1O. The van der Waals surface area contributed by atoms with E-state index in [0.717, 1.165) is 17.4 Å². The molecular formula is C22H21Cl2FN4O6S2. The Morgan fingerprint density at radius 2 is 2.05 bits per heavy atom. The van der Waals surface area contributed by atoms with Crippen molar-refractivity contribution in [3.05, 3.63) is 73.5 Å². The van der Waals surface area contributed by atoms with Crippen molar-refractivity contribution in [1.29, 1.82) is 0 Å². The molecule has 1 aromatic carbocycles. The first-order chi connectivity index (χ1) is 17.4. The van der Waals surface area contributed by atoms with Crippen molar-refractivity contribution >= 4 is 56.4 Å². The largest absolute Gasteiger partial charge is 0.393 e. The van der Waals surface area contributed by atoms with Gasteiger partial charge in [-0.1, -0.05) is 23.2 Å². The van der Waals surface area contributed by atoms with Crippen molar-refractivity contribution in [2.45, 2.75) is 31.1 Å². The van der Waals surface area contributed by atoms with E-state index in [-0.39, 0.29) is 55.8 Å². The molecule has 0 aliphatic heterocycles. The maximum atomic E-state index is 14.3. The number of aromatic nitrogens is 2. The van der Waals surface area contributed by atoms with Gasteiger partial charge in [-0.05, 0) is 37.1 Å². The monoisotopic (exact) mass is 590 g/mol. The lowest BCUT2D eigenvalue weighted by molar-refractivity contribution is 0.101. The van der Waals surface area contributed by atoms with Gasteiger partial charge in [-0.3, -0.25) is 8.98 Å². The molecule has 0 radical (unpaired) electrons. The van der Waals surface area contributed by atoms with Crippen LogP contribution in [0.25, 0.3) is 0 Å². The molecule has 1 aliphatic carbocycles. The molecule has 37 heavy (non-hydrogen) atoms. The summed E-state index contributed by atoms with van der Waals surface area (Å²) in [7, 11) is -4.14. The Morgan fingerprint density at radius 3 is 2.78 bits per heavy atom. The summed E-state index contributed by atoms with van der Waals surface area (Å²) in [6, 6.07) is 4.77. The van der Waals surface area contributed by atoms with E-state index >= 15 is 0 Å². The van der Waals surface area contributed by atoms with Crippen molar-refractivity contribution in [3.8, 4) is 0 Å². The maximum Gasteiger partial charge on any atom is 0.333 e. The normalized spacial score (nSPS) is 20.6. The van der Waals surface area contributed by atoms with Gasteiger partial charge in [0.25, 0.3) is 0 Å². The zero-order chi connectivity index (χ0) is 26.9. The number of aliphatic hydroxyl groups excluding tert-OH is 2. The first kappa shape index (κ1) is 27.8. The van der Waals surface area contributed by atoms with Crippen LogP contribution in [0.3, 0.4) is 0 Å².